The van der Waals surface area contributed by atoms with Crippen LogP contribution in [0.4, 0.5) is 11.4 Å². The van der Waals surface area contributed by atoms with Gasteiger partial charge in [0.15, 0.2) is 0 Å². The zero-order chi connectivity index (χ0) is 10.9. The molecule has 0 aromatic carbocycles. The smallest absolute Gasteiger partial charge is 0.0547 e. The largest absolute Gasteiger partial charge is 0.387 e. The molecule has 0 bridgehead atoms. The van der Waals surface area contributed by atoms with E-state index < -0.39 is 0 Å². The van der Waals surface area contributed by atoms with Gasteiger partial charge in [0.25, 0.3) is 0 Å². The van der Waals surface area contributed by atoms with Gasteiger partial charge in [0.1, 0.15) is 0 Å². The van der Waals surface area contributed by atoms with Gasteiger partial charge in [-0.1, -0.05) is 0 Å². The number of rotatable bonds is 7. The molecule has 1 rings (SSSR count). The lowest BCUT2D eigenvalue weighted by Gasteiger charge is -2.07. The molecule has 3 nitrogen and oxygen atoms in total. The third-order valence-corrected chi connectivity index (χ3v) is 2.83. The van der Waals surface area contributed by atoms with E-state index in [0.717, 1.165) is 17.9 Å². The third-order valence-electron chi connectivity index (χ3n) is 2.13. The van der Waals surface area contributed by atoms with Crippen LogP contribution in [0.2, 0.25) is 0 Å². The Hall–Kier alpha value is -0.900. The van der Waals surface area contributed by atoms with E-state index in [0.29, 0.717) is 0 Å². The van der Waals surface area contributed by atoms with Crippen molar-refractivity contribution >= 4 is 23.1 Å². The van der Waals surface area contributed by atoms with Crippen LogP contribution in [0, 0.1) is 0 Å². The van der Waals surface area contributed by atoms with Crippen LogP contribution in [-0.2, 0) is 0 Å². The molecule has 0 saturated heterocycles. The first-order valence-electron chi connectivity index (χ1n) is 5.22. The number of pyridine rings is 1. The number of hydrogen-bond acceptors (Lipinski definition) is 4. The van der Waals surface area contributed by atoms with Crippen molar-refractivity contribution in [2.75, 3.05) is 36.2 Å². The van der Waals surface area contributed by atoms with Gasteiger partial charge in [-0.15, -0.1) is 0 Å². The maximum absolute atomic E-state index is 4.14. The van der Waals surface area contributed by atoms with Crippen LogP contribution >= 0.6 is 11.8 Å². The van der Waals surface area contributed by atoms with Crippen LogP contribution in [0.5, 0.6) is 0 Å². The van der Waals surface area contributed by atoms with E-state index in [2.05, 4.69) is 27.9 Å². The fourth-order valence-electron chi connectivity index (χ4n) is 1.28. The van der Waals surface area contributed by atoms with Crippen LogP contribution < -0.4 is 10.6 Å². The average Bonchev–Trinajstić information content (AvgIpc) is 2.29. The van der Waals surface area contributed by atoms with Crippen LogP contribution in [-0.4, -0.2) is 30.6 Å². The first-order valence-corrected chi connectivity index (χ1v) is 6.62. The highest BCUT2D eigenvalue weighted by molar-refractivity contribution is 7.98. The fraction of sp³-hybridized carbons (Fsp3) is 0.545. The number of anilines is 2. The first-order chi connectivity index (χ1) is 7.36. The minimum absolute atomic E-state index is 1.02. The summed E-state index contributed by atoms with van der Waals surface area (Å²) < 4.78 is 0. The molecule has 0 aliphatic heterocycles. The zero-order valence-electron chi connectivity index (χ0n) is 9.42. The van der Waals surface area contributed by atoms with Crippen molar-refractivity contribution in [3.05, 3.63) is 18.5 Å². The summed E-state index contributed by atoms with van der Waals surface area (Å²) in [6, 6.07) is 2.07. The van der Waals surface area contributed by atoms with Crippen molar-refractivity contribution in [2.24, 2.45) is 0 Å². The van der Waals surface area contributed by atoms with Crippen LogP contribution in [0.15, 0.2) is 18.5 Å². The van der Waals surface area contributed by atoms with Crippen LogP contribution in [0.3, 0.4) is 0 Å². The molecular weight excluding hydrogens is 206 g/mol. The Morgan fingerprint density at radius 3 is 2.80 bits per heavy atom. The minimum Gasteiger partial charge on any atom is -0.387 e. The second kappa shape index (κ2) is 7.40. The molecule has 2 N–H and O–H groups in total. The Kier molecular flexibility index (Phi) is 6.00. The van der Waals surface area contributed by atoms with E-state index in [1.807, 2.05) is 31.2 Å². The molecule has 0 aliphatic carbocycles. The molecule has 15 heavy (non-hydrogen) atoms. The normalized spacial score (nSPS) is 10.0. The fourth-order valence-corrected chi connectivity index (χ4v) is 1.77. The zero-order valence-corrected chi connectivity index (χ0v) is 10.2. The number of aromatic nitrogens is 1. The van der Waals surface area contributed by atoms with Gasteiger partial charge >= 0.3 is 0 Å². The molecule has 1 aromatic rings. The predicted octanol–water partition coefficient (Wildman–Crippen LogP) is 2.68. The van der Waals surface area contributed by atoms with E-state index in [1.165, 1.54) is 18.6 Å². The van der Waals surface area contributed by atoms with Gasteiger partial charge in [0.05, 0.1) is 23.8 Å². The second-order valence-corrected chi connectivity index (χ2v) is 4.32. The molecule has 4 heteroatoms. The topological polar surface area (TPSA) is 37.0 Å². The molecule has 0 saturated carbocycles. The van der Waals surface area contributed by atoms with E-state index >= 15 is 0 Å². The van der Waals surface area contributed by atoms with Crippen LogP contribution in [0.25, 0.3) is 0 Å². The summed E-state index contributed by atoms with van der Waals surface area (Å²) in [6.45, 7) is 1.02. The Balaban J connectivity index is 2.24. The molecule has 0 fully saturated rings. The lowest BCUT2D eigenvalue weighted by atomic mass is 10.3. The first kappa shape index (κ1) is 12.2. The Labute approximate surface area is 96.1 Å². The standard InChI is InChI=1S/C11H19N3S/c1-12-10-7-11(9-13-8-10)14-5-3-4-6-15-2/h7-9,12,14H,3-6H2,1-2H3. The van der Waals surface area contributed by atoms with Gasteiger partial charge in [0, 0.05) is 13.6 Å². The molecule has 0 amide bonds. The van der Waals surface area contributed by atoms with Gasteiger partial charge in [-0.25, -0.2) is 0 Å². The molecule has 1 aromatic heterocycles. The van der Waals surface area contributed by atoms with Gasteiger partial charge < -0.3 is 10.6 Å². The molecule has 0 atom stereocenters. The van der Waals surface area contributed by atoms with Crippen molar-refractivity contribution in [2.45, 2.75) is 12.8 Å². The van der Waals surface area contributed by atoms with Crippen molar-refractivity contribution in [1.29, 1.82) is 0 Å². The SMILES string of the molecule is CNc1cncc(NCCCCSC)c1. The Bertz CT molecular complexity index is 278. The van der Waals surface area contributed by atoms with Crippen LogP contribution in [0.1, 0.15) is 12.8 Å². The van der Waals surface area contributed by atoms with E-state index in [4.69, 9.17) is 0 Å². The highest BCUT2D eigenvalue weighted by atomic mass is 32.2. The summed E-state index contributed by atoms with van der Waals surface area (Å²) in [4.78, 5) is 4.14. The van der Waals surface area contributed by atoms with E-state index in [9.17, 15) is 0 Å². The lowest BCUT2D eigenvalue weighted by molar-refractivity contribution is 0.843. The summed E-state index contributed by atoms with van der Waals surface area (Å²) in [5.74, 6) is 1.25. The number of nitrogens with zero attached hydrogens (tertiary/aromatic N) is 1. The molecule has 0 spiro atoms. The van der Waals surface area contributed by atoms with Crippen molar-refractivity contribution in [3.8, 4) is 0 Å². The maximum atomic E-state index is 4.14. The summed E-state index contributed by atoms with van der Waals surface area (Å²) in [5.41, 5.74) is 2.13. The van der Waals surface area contributed by atoms with Gasteiger partial charge in [0.2, 0.25) is 0 Å². The number of thioether (sulfide) groups is 1. The Morgan fingerprint density at radius 1 is 1.27 bits per heavy atom. The highest BCUT2D eigenvalue weighted by Gasteiger charge is 1.94. The summed E-state index contributed by atoms with van der Waals surface area (Å²) in [5, 5.41) is 6.44. The molecule has 0 unspecified atom stereocenters. The lowest BCUT2D eigenvalue weighted by Crippen LogP contribution is -2.02. The summed E-state index contributed by atoms with van der Waals surface area (Å²) >= 11 is 1.90. The molecule has 84 valence electrons. The maximum Gasteiger partial charge on any atom is 0.0547 e. The molecular formula is C11H19N3S. The number of hydrogen-bond donors (Lipinski definition) is 2. The number of unbranched alkanes of at least 4 members (excludes halogenated alkanes) is 1. The van der Waals surface area contributed by atoms with E-state index in [1.54, 1.807) is 0 Å². The number of nitrogens with one attached hydrogen (secondary N) is 2. The van der Waals surface area contributed by atoms with Crippen molar-refractivity contribution < 1.29 is 0 Å². The molecule has 1 heterocycles. The second-order valence-electron chi connectivity index (χ2n) is 3.34. The molecule has 0 radical (unpaired) electrons. The summed E-state index contributed by atoms with van der Waals surface area (Å²) in [6.07, 6.45) is 8.31. The van der Waals surface area contributed by atoms with E-state index in [-0.39, 0.29) is 0 Å². The van der Waals surface area contributed by atoms with Crippen molar-refractivity contribution in [3.63, 3.8) is 0 Å². The minimum atomic E-state index is 1.02. The summed E-state index contributed by atoms with van der Waals surface area (Å²) in [7, 11) is 1.90. The predicted molar refractivity (Wildman–Crippen MR) is 69.9 cm³/mol. The third kappa shape index (κ3) is 4.93. The highest BCUT2D eigenvalue weighted by Crippen LogP contribution is 2.12. The van der Waals surface area contributed by atoms with Gasteiger partial charge in [-0.2, -0.15) is 11.8 Å². The monoisotopic (exact) mass is 225 g/mol. The molecule has 0 aliphatic rings. The average molecular weight is 225 g/mol. The van der Waals surface area contributed by atoms with Gasteiger partial charge in [-0.05, 0) is 30.9 Å². The van der Waals surface area contributed by atoms with Crippen molar-refractivity contribution in [1.82, 2.24) is 4.98 Å². The Morgan fingerprint density at radius 2 is 2.07 bits per heavy atom. The van der Waals surface area contributed by atoms with Gasteiger partial charge in [-0.3, -0.25) is 4.98 Å². The quantitative estimate of drug-likeness (QED) is 0.700.